The predicted octanol–water partition coefficient (Wildman–Crippen LogP) is 3.30. The van der Waals surface area contributed by atoms with Gasteiger partial charge in [-0.1, -0.05) is 19.3 Å². The fraction of sp³-hybridized carbons (Fsp3) is 0.467. The van der Waals surface area contributed by atoms with E-state index < -0.39 is 0 Å². The second-order valence-electron chi connectivity index (χ2n) is 5.27. The molecule has 1 fully saturated rings. The molecule has 4 nitrogen and oxygen atoms in total. The van der Waals surface area contributed by atoms with Crippen molar-refractivity contribution in [1.82, 2.24) is 4.57 Å². The number of benzene rings is 1. The largest absolute Gasteiger partial charge is 0.420 e. The van der Waals surface area contributed by atoms with Gasteiger partial charge in [-0.2, -0.15) is 0 Å². The van der Waals surface area contributed by atoms with E-state index in [-0.39, 0.29) is 17.6 Å². The Bertz CT molecular complexity index is 674. The molecule has 0 unspecified atom stereocenters. The predicted molar refractivity (Wildman–Crippen MR) is 72.6 cm³/mol. The van der Waals surface area contributed by atoms with Gasteiger partial charge < -0.3 is 4.42 Å². The van der Waals surface area contributed by atoms with Gasteiger partial charge >= 0.3 is 5.76 Å². The summed E-state index contributed by atoms with van der Waals surface area (Å²) in [6, 6.07) is 5.49. The van der Waals surface area contributed by atoms with E-state index in [1.807, 2.05) is 6.07 Å². The highest BCUT2D eigenvalue weighted by molar-refractivity contribution is 5.96. The standard InChI is InChI=1S/C15H17NO3/c1-10(17)11-7-8-13-14(9-11)19-15(18)16(13)12-5-3-2-4-6-12/h7-9,12H,2-6H2,1H3. The zero-order chi connectivity index (χ0) is 13.4. The van der Waals surface area contributed by atoms with Crippen molar-refractivity contribution < 1.29 is 9.21 Å². The average Bonchev–Trinajstić information content (AvgIpc) is 2.74. The molecule has 0 atom stereocenters. The first-order valence-corrected chi connectivity index (χ1v) is 6.83. The molecule has 3 rings (SSSR count). The lowest BCUT2D eigenvalue weighted by molar-refractivity contribution is 0.101. The molecular weight excluding hydrogens is 242 g/mol. The highest BCUT2D eigenvalue weighted by Crippen LogP contribution is 2.30. The van der Waals surface area contributed by atoms with Crippen molar-refractivity contribution in [2.24, 2.45) is 0 Å². The molecule has 0 amide bonds. The van der Waals surface area contributed by atoms with Gasteiger partial charge in [-0.15, -0.1) is 0 Å². The van der Waals surface area contributed by atoms with Gasteiger partial charge in [0.05, 0.1) is 5.52 Å². The molecule has 0 N–H and O–H groups in total. The number of hydrogen-bond donors (Lipinski definition) is 0. The Balaban J connectivity index is 2.11. The van der Waals surface area contributed by atoms with Crippen LogP contribution >= 0.6 is 0 Å². The molecular formula is C15H17NO3. The van der Waals surface area contributed by atoms with Gasteiger partial charge in [-0.05, 0) is 38.0 Å². The van der Waals surface area contributed by atoms with Gasteiger partial charge in [0.1, 0.15) is 0 Å². The van der Waals surface area contributed by atoms with E-state index in [0.717, 1.165) is 31.2 Å². The van der Waals surface area contributed by atoms with E-state index in [4.69, 9.17) is 4.42 Å². The maximum absolute atomic E-state index is 12.0. The molecule has 1 aromatic heterocycles. The molecule has 0 aliphatic heterocycles. The molecule has 1 heterocycles. The molecule has 0 bridgehead atoms. The van der Waals surface area contributed by atoms with Gasteiger partial charge in [-0.25, -0.2) is 4.79 Å². The molecule has 1 aromatic carbocycles. The minimum absolute atomic E-state index is 0.0186. The van der Waals surface area contributed by atoms with Crippen LogP contribution in [0, 0.1) is 0 Å². The molecule has 1 aliphatic rings. The van der Waals surface area contributed by atoms with Gasteiger partial charge in [0.15, 0.2) is 11.4 Å². The Hall–Kier alpha value is -1.84. The van der Waals surface area contributed by atoms with E-state index in [1.165, 1.54) is 13.3 Å². The number of aromatic nitrogens is 1. The molecule has 2 aromatic rings. The van der Waals surface area contributed by atoms with Gasteiger partial charge in [0.2, 0.25) is 0 Å². The van der Waals surface area contributed by atoms with Crippen LogP contribution in [0.25, 0.3) is 11.1 Å². The maximum atomic E-state index is 12.0. The number of oxazole rings is 1. The minimum Gasteiger partial charge on any atom is -0.408 e. The summed E-state index contributed by atoms with van der Waals surface area (Å²) in [5.41, 5.74) is 1.90. The number of nitrogens with zero attached hydrogens (tertiary/aromatic N) is 1. The van der Waals surface area contributed by atoms with Crippen molar-refractivity contribution in [3.8, 4) is 0 Å². The van der Waals surface area contributed by atoms with Crippen molar-refractivity contribution in [1.29, 1.82) is 0 Å². The highest BCUT2D eigenvalue weighted by Gasteiger charge is 2.21. The number of fused-ring (bicyclic) bond motifs is 1. The van der Waals surface area contributed by atoms with E-state index >= 15 is 0 Å². The molecule has 0 saturated heterocycles. The van der Waals surface area contributed by atoms with Crippen molar-refractivity contribution in [2.75, 3.05) is 0 Å². The molecule has 1 aliphatic carbocycles. The maximum Gasteiger partial charge on any atom is 0.420 e. The van der Waals surface area contributed by atoms with Gasteiger partial charge in [-0.3, -0.25) is 9.36 Å². The Morgan fingerprint density at radius 2 is 2.00 bits per heavy atom. The number of rotatable bonds is 2. The number of Topliss-reactive ketones (excluding diaryl/α,β-unsaturated/α-hetero) is 1. The number of ketones is 1. The number of carbonyl (C=O) groups excluding carboxylic acids is 1. The van der Waals surface area contributed by atoms with E-state index in [2.05, 4.69) is 0 Å². The molecule has 0 spiro atoms. The van der Waals surface area contributed by atoms with Crippen LogP contribution in [0.3, 0.4) is 0 Å². The SMILES string of the molecule is CC(=O)c1ccc2c(c1)oc(=O)n2C1CCCCC1. The van der Waals surface area contributed by atoms with E-state index in [0.29, 0.717) is 11.1 Å². The summed E-state index contributed by atoms with van der Waals surface area (Å²) in [5, 5.41) is 0. The molecule has 4 heteroatoms. The van der Waals surface area contributed by atoms with Crippen molar-refractivity contribution in [2.45, 2.75) is 45.1 Å². The third kappa shape index (κ3) is 2.11. The van der Waals surface area contributed by atoms with Crippen LogP contribution in [0.15, 0.2) is 27.4 Å². The average molecular weight is 259 g/mol. The summed E-state index contributed by atoms with van der Waals surface area (Å²) in [4.78, 5) is 23.4. The summed E-state index contributed by atoms with van der Waals surface area (Å²) in [6.45, 7) is 1.51. The van der Waals surface area contributed by atoms with Crippen molar-refractivity contribution in [3.63, 3.8) is 0 Å². The second kappa shape index (κ2) is 4.68. The highest BCUT2D eigenvalue weighted by atomic mass is 16.4. The Morgan fingerprint density at radius 1 is 1.26 bits per heavy atom. The van der Waals surface area contributed by atoms with Crippen LogP contribution in [-0.2, 0) is 0 Å². The fourth-order valence-corrected chi connectivity index (χ4v) is 2.94. The summed E-state index contributed by atoms with van der Waals surface area (Å²) in [6.07, 6.45) is 5.63. The van der Waals surface area contributed by atoms with Gasteiger partial charge in [0.25, 0.3) is 0 Å². The van der Waals surface area contributed by atoms with E-state index in [9.17, 15) is 9.59 Å². The summed E-state index contributed by atoms with van der Waals surface area (Å²) >= 11 is 0. The van der Waals surface area contributed by atoms with Crippen LogP contribution in [0.1, 0.15) is 55.4 Å². The lowest BCUT2D eigenvalue weighted by Crippen LogP contribution is -2.22. The second-order valence-corrected chi connectivity index (χ2v) is 5.27. The lowest BCUT2D eigenvalue weighted by atomic mass is 9.95. The van der Waals surface area contributed by atoms with Crippen LogP contribution < -0.4 is 5.76 Å². The molecule has 0 radical (unpaired) electrons. The normalized spacial score (nSPS) is 16.9. The topological polar surface area (TPSA) is 52.2 Å². The first kappa shape index (κ1) is 12.2. The lowest BCUT2D eigenvalue weighted by Gasteiger charge is -2.22. The van der Waals surface area contributed by atoms with Crippen molar-refractivity contribution >= 4 is 16.9 Å². The van der Waals surface area contributed by atoms with Gasteiger partial charge in [0, 0.05) is 11.6 Å². The number of carbonyl (C=O) groups is 1. The zero-order valence-electron chi connectivity index (χ0n) is 11.0. The Labute approximate surface area is 111 Å². The molecule has 19 heavy (non-hydrogen) atoms. The monoisotopic (exact) mass is 259 g/mol. The summed E-state index contributed by atoms with van der Waals surface area (Å²) < 4.78 is 7.06. The van der Waals surface area contributed by atoms with Crippen LogP contribution in [0.4, 0.5) is 0 Å². The Morgan fingerprint density at radius 3 is 2.68 bits per heavy atom. The quantitative estimate of drug-likeness (QED) is 0.777. The fourth-order valence-electron chi connectivity index (χ4n) is 2.94. The first-order valence-electron chi connectivity index (χ1n) is 6.83. The molecule has 100 valence electrons. The molecule has 1 saturated carbocycles. The first-order chi connectivity index (χ1) is 9.16. The van der Waals surface area contributed by atoms with Crippen LogP contribution in [0.5, 0.6) is 0 Å². The third-order valence-electron chi connectivity index (χ3n) is 3.96. The smallest absolute Gasteiger partial charge is 0.408 e. The minimum atomic E-state index is -0.303. The summed E-state index contributed by atoms with van der Waals surface area (Å²) in [7, 11) is 0. The summed E-state index contributed by atoms with van der Waals surface area (Å²) in [5.74, 6) is -0.322. The van der Waals surface area contributed by atoms with E-state index in [1.54, 1.807) is 16.7 Å². The van der Waals surface area contributed by atoms with Crippen LogP contribution in [-0.4, -0.2) is 10.4 Å². The third-order valence-corrected chi connectivity index (χ3v) is 3.96. The number of hydrogen-bond acceptors (Lipinski definition) is 3. The zero-order valence-corrected chi connectivity index (χ0v) is 11.0. The van der Waals surface area contributed by atoms with Crippen LogP contribution in [0.2, 0.25) is 0 Å². The van der Waals surface area contributed by atoms with Crippen molar-refractivity contribution in [3.05, 3.63) is 34.3 Å². The Kier molecular flexibility index (Phi) is 3.01.